The second kappa shape index (κ2) is 6.58. The number of carbonyl (C=O) groups is 2. The number of nitrogens with zero attached hydrogens (tertiary/aromatic N) is 2. The maximum Gasteiger partial charge on any atom is 0.323 e. The molecule has 0 radical (unpaired) electrons. The fraction of sp³-hybridized carbons (Fsp3) is 0.833. The molecule has 0 aliphatic carbocycles. The summed E-state index contributed by atoms with van der Waals surface area (Å²) in [5.41, 5.74) is 0. The number of piperidine rings is 1. The Balaban J connectivity index is 2.58. The molecule has 0 bridgehead atoms. The van der Waals surface area contributed by atoms with Gasteiger partial charge in [0.25, 0.3) is 0 Å². The number of rotatable bonds is 4. The number of aliphatic carboxylic acids is 1. The van der Waals surface area contributed by atoms with Gasteiger partial charge in [0.15, 0.2) is 0 Å². The Bertz CT molecular complexity index is 298. The topological polar surface area (TPSA) is 70.1 Å². The molecule has 0 spiro atoms. The average molecular weight is 258 g/mol. The average Bonchev–Trinajstić information content (AvgIpc) is 2.34. The summed E-state index contributed by atoms with van der Waals surface area (Å²) in [7, 11) is 1.67. The van der Waals surface area contributed by atoms with Crippen molar-refractivity contribution in [1.29, 1.82) is 0 Å². The molecule has 0 unspecified atom stereocenters. The molecule has 6 heteroatoms. The molecular weight excluding hydrogens is 236 g/mol. The second-order valence-corrected chi connectivity index (χ2v) is 4.82. The minimum absolute atomic E-state index is 0.117. The second-order valence-electron chi connectivity index (χ2n) is 4.82. The highest BCUT2D eigenvalue weighted by Gasteiger charge is 2.28. The van der Waals surface area contributed by atoms with Gasteiger partial charge >= 0.3 is 12.0 Å². The molecule has 0 aromatic heterocycles. The Hall–Kier alpha value is -1.30. The predicted molar refractivity (Wildman–Crippen MR) is 66.5 cm³/mol. The van der Waals surface area contributed by atoms with Crippen LogP contribution in [0.15, 0.2) is 0 Å². The van der Waals surface area contributed by atoms with Crippen LogP contribution in [0, 0.1) is 0 Å². The first kappa shape index (κ1) is 14.8. The molecule has 1 aliphatic heterocycles. The summed E-state index contributed by atoms with van der Waals surface area (Å²) in [6.07, 6.45) is 1.82. The van der Waals surface area contributed by atoms with E-state index in [0.29, 0.717) is 13.1 Å². The third-order valence-corrected chi connectivity index (χ3v) is 3.22. The van der Waals surface area contributed by atoms with Gasteiger partial charge in [-0.25, -0.2) is 4.79 Å². The SMILES string of the molecule is COC1CCN(C(=O)N(CC(=O)O)C(C)C)CC1. The minimum atomic E-state index is -0.983. The molecule has 0 atom stereocenters. The number of carbonyl (C=O) groups excluding carboxylic acids is 1. The third-order valence-electron chi connectivity index (χ3n) is 3.22. The van der Waals surface area contributed by atoms with Gasteiger partial charge in [0.1, 0.15) is 6.54 Å². The van der Waals surface area contributed by atoms with E-state index in [2.05, 4.69) is 0 Å². The normalized spacial score (nSPS) is 17.0. The van der Waals surface area contributed by atoms with Gasteiger partial charge in [0, 0.05) is 26.2 Å². The molecule has 104 valence electrons. The minimum Gasteiger partial charge on any atom is -0.480 e. The molecule has 0 aromatic carbocycles. The van der Waals surface area contributed by atoms with E-state index < -0.39 is 5.97 Å². The summed E-state index contributed by atoms with van der Waals surface area (Å²) < 4.78 is 5.25. The van der Waals surface area contributed by atoms with E-state index in [9.17, 15) is 9.59 Å². The molecule has 1 aliphatic rings. The van der Waals surface area contributed by atoms with Crippen LogP contribution in [0.2, 0.25) is 0 Å². The number of hydrogen-bond acceptors (Lipinski definition) is 3. The Labute approximate surface area is 107 Å². The zero-order valence-corrected chi connectivity index (χ0v) is 11.3. The van der Waals surface area contributed by atoms with Gasteiger partial charge in [-0.1, -0.05) is 0 Å². The fourth-order valence-corrected chi connectivity index (χ4v) is 2.08. The lowest BCUT2D eigenvalue weighted by Crippen LogP contribution is -2.51. The monoisotopic (exact) mass is 258 g/mol. The first-order chi connectivity index (χ1) is 8.45. The predicted octanol–water partition coefficient (Wildman–Crippen LogP) is 1.01. The summed E-state index contributed by atoms with van der Waals surface area (Å²) in [5.74, 6) is -0.983. The zero-order chi connectivity index (χ0) is 13.7. The van der Waals surface area contributed by atoms with Crippen LogP contribution in [0.4, 0.5) is 4.79 Å². The molecule has 6 nitrogen and oxygen atoms in total. The number of likely N-dealkylation sites (tertiary alicyclic amines) is 1. The molecule has 0 aromatic rings. The maximum absolute atomic E-state index is 12.2. The zero-order valence-electron chi connectivity index (χ0n) is 11.3. The van der Waals surface area contributed by atoms with E-state index in [1.165, 1.54) is 4.90 Å². The first-order valence-corrected chi connectivity index (χ1v) is 6.25. The van der Waals surface area contributed by atoms with Crippen LogP contribution in [0.1, 0.15) is 26.7 Å². The number of hydrogen-bond donors (Lipinski definition) is 1. The van der Waals surface area contributed by atoms with Gasteiger partial charge in [0.2, 0.25) is 0 Å². The molecular formula is C12H22N2O4. The van der Waals surface area contributed by atoms with E-state index in [1.807, 2.05) is 13.8 Å². The van der Waals surface area contributed by atoms with Crippen LogP contribution in [0.5, 0.6) is 0 Å². The standard InChI is InChI=1S/C12H22N2O4/c1-9(2)14(8-11(15)16)12(17)13-6-4-10(18-3)5-7-13/h9-10H,4-8H2,1-3H3,(H,15,16). The number of carboxylic acids is 1. The number of carboxylic acid groups (broad SMARTS) is 1. The highest BCUT2D eigenvalue weighted by atomic mass is 16.5. The highest BCUT2D eigenvalue weighted by Crippen LogP contribution is 2.15. The van der Waals surface area contributed by atoms with E-state index in [0.717, 1.165) is 12.8 Å². The van der Waals surface area contributed by atoms with E-state index >= 15 is 0 Å². The molecule has 1 heterocycles. The lowest BCUT2D eigenvalue weighted by molar-refractivity contribution is -0.138. The van der Waals surface area contributed by atoms with Gasteiger partial charge < -0.3 is 19.6 Å². The summed E-state index contributed by atoms with van der Waals surface area (Å²) in [6.45, 7) is 4.65. The Morgan fingerprint density at radius 2 is 1.94 bits per heavy atom. The van der Waals surface area contributed by atoms with E-state index in [4.69, 9.17) is 9.84 Å². The van der Waals surface area contributed by atoms with Gasteiger partial charge in [-0.3, -0.25) is 4.79 Å². The van der Waals surface area contributed by atoms with Crippen LogP contribution in [-0.4, -0.2) is 65.8 Å². The molecule has 0 saturated carbocycles. The van der Waals surface area contributed by atoms with Crippen molar-refractivity contribution in [3.63, 3.8) is 0 Å². The van der Waals surface area contributed by atoms with Crippen LogP contribution < -0.4 is 0 Å². The Morgan fingerprint density at radius 3 is 2.33 bits per heavy atom. The van der Waals surface area contributed by atoms with Crippen LogP contribution in [0.25, 0.3) is 0 Å². The highest BCUT2D eigenvalue weighted by molar-refractivity contribution is 5.80. The van der Waals surface area contributed by atoms with Gasteiger partial charge in [-0.2, -0.15) is 0 Å². The molecule has 1 rings (SSSR count). The molecule has 2 amide bonds. The number of urea groups is 1. The molecule has 1 saturated heterocycles. The largest absolute Gasteiger partial charge is 0.480 e. The fourth-order valence-electron chi connectivity index (χ4n) is 2.08. The van der Waals surface area contributed by atoms with E-state index in [1.54, 1.807) is 12.0 Å². The lowest BCUT2D eigenvalue weighted by atomic mass is 10.1. The van der Waals surface area contributed by atoms with Crippen molar-refractivity contribution < 1.29 is 19.4 Å². The smallest absolute Gasteiger partial charge is 0.323 e. The van der Waals surface area contributed by atoms with Gasteiger partial charge in [-0.15, -0.1) is 0 Å². The Kier molecular flexibility index (Phi) is 5.40. The van der Waals surface area contributed by atoms with E-state index in [-0.39, 0.29) is 24.7 Å². The number of amides is 2. The van der Waals surface area contributed by atoms with Crippen molar-refractivity contribution in [2.24, 2.45) is 0 Å². The van der Waals surface area contributed by atoms with Gasteiger partial charge in [-0.05, 0) is 26.7 Å². The van der Waals surface area contributed by atoms with Crippen LogP contribution >= 0.6 is 0 Å². The van der Waals surface area contributed by atoms with Crippen LogP contribution in [0.3, 0.4) is 0 Å². The molecule has 1 fully saturated rings. The summed E-state index contributed by atoms with van der Waals surface area (Å²) in [6, 6.07) is -0.310. The summed E-state index contributed by atoms with van der Waals surface area (Å²) >= 11 is 0. The van der Waals surface area contributed by atoms with Crippen molar-refractivity contribution >= 4 is 12.0 Å². The number of methoxy groups -OCH3 is 1. The quantitative estimate of drug-likeness (QED) is 0.817. The first-order valence-electron chi connectivity index (χ1n) is 6.25. The Morgan fingerprint density at radius 1 is 1.39 bits per heavy atom. The number of ether oxygens (including phenoxy) is 1. The van der Waals surface area contributed by atoms with Crippen molar-refractivity contribution in [2.75, 3.05) is 26.7 Å². The molecule has 18 heavy (non-hydrogen) atoms. The van der Waals surface area contributed by atoms with Crippen molar-refractivity contribution in [2.45, 2.75) is 38.8 Å². The molecule has 1 N–H and O–H groups in total. The van der Waals surface area contributed by atoms with Crippen LogP contribution in [-0.2, 0) is 9.53 Å². The van der Waals surface area contributed by atoms with Crippen molar-refractivity contribution in [1.82, 2.24) is 9.80 Å². The lowest BCUT2D eigenvalue weighted by Gasteiger charge is -2.36. The van der Waals surface area contributed by atoms with Crippen molar-refractivity contribution in [3.05, 3.63) is 0 Å². The third kappa shape index (κ3) is 3.87. The summed E-state index contributed by atoms with van der Waals surface area (Å²) in [5, 5.41) is 8.83. The van der Waals surface area contributed by atoms with Crippen molar-refractivity contribution in [3.8, 4) is 0 Å². The summed E-state index contributed by atoms with van der Waals surface area (Å²) in [4.78, 5) is 26.1. The van der Waals surface area contributed by atoms with Gasteiger partial charge in [0.05, 0.1) is 6.10 Å². The maximum atomic E-state index is 12.2.